The molecule has 1 heterocycles. The molecular weight excluding hydrogens is 332 g/mol. The standard InChI is InChI=1S/C20H24N2O4/c1-20(13-23,12-14-5-9-16(26-2)10-6-14)21-18(24)17-4-3-11-22(19(17)25)15-7-8-15/h3-6,9-11,15,23H,7-8,12-13H2,1-2H3,(H,21,24)/t20-/m0/s1. The van der Waals surface area contributed by atoms with Gasteiger partial charge in [0.2, 0.25) is 0 Å². The number of aromatic nitrogens is 1. The van der Waals surface area contributed by atoms with E-state index < -0.39 is 11.4 Å². The molecule has 0 radical (unpaired) electrons. The molecule has 138 valence electrons. The Bertz CT molecular complexity index is 840. The monoisotopic (exact) mass is 356 g/mol. The smallest absolute Gasteiger partial charge is 0.263 e. The summed E-state index contributed by atoms with van der Waals surface area (Å²) in [6.07, 6.45) is 4.09. The number of methoxy groups -OCH3 is 1. The van der Waals surface area contributed by atoms with Gasteiger partial charge in [0.1, 0.15) is 11.3 Å². The number of hydrogen-bond donors (Lipinski definition) is 2. The number of pyridine rings is 1. The molecule has 26 heavy (non-hydrogen) atoms. The van der Waals surface area contributed by atoms with Crippen molar-refractivity contribution < 1.29 is 14.6 Å². The summed E-state index contributed by atoms with van der Waals surface area (Å²) >= 11 is 0. The van der Waals surface area contributed by atoms with Crippen LogP contribution in [-0.4, -0.2) is 34.8 Å². The molecule has 3 rings (SSSR count). The zero-order chi connectivity index (χ0) is 18.7. The molecule has 1 aromatic heterocycles. The molecule has 1 saturated carbocycles. The van der Waals surface area contributed by atoms with Crippen molar-refractivity contribution in [2.24, 2.45) is 0 Å². The fourth-order valence-corrected chi connectivity index (χ4v) is 3.00. The lowest BCUT2D eigenvalue weighted by atomic mass is 9.93. The highest BCUT2D eigenvalue weighted by atomic mass is 16.5. The predicted octanol–water partition coefficient (Wildman–Crippen LogP) is 1.92. The Kier molecular flexibility index (Phi) is 5.13. The zero-order valence-corrected chi connectivity index (χ0v) is 15.1. The zero-order valence-electron chi connectivity index (χ0n) is 15.1. The molecule has 1 aliphatic carbocycles. The predicted molar refractivity (Wildman–Crippen MR) is 98.6 cm³/mol. The van der Waals surface area contributed by atoms with Gasteiger partial charge in [-0.3, -0.25) is 9.59 Å². The van der Waals surface area contributed by atoms with Crippen LogP contribution in [-0.2, 0) is 6.42 Å². The first-order chi connectivity index (χ1) is 12.5. The molecular formula is C20H24N2O4. The van der Waals surface area contributed by atoms with Crippen LogP contribution >= 0.6 is 0 Å². The number of rotatable bonds is 7. The molecule has 1 aliphatic rings. The Morgan fingerprint density at radius 2 is 2.00 bits per heavy atom. The molecule has 1 atom stereocenters. The number of benzene rings is 1. The highest BCUT2D eigenvalue weighted by Crippen LogP contribution is 2.33. The van der Waals surface area contributed by atoms with Gasteiger partial charge >= 0.3 is 0 Å². The first-order valence-corrected chi connectivity index (χ1v) is 8.73. The highest BCUT2D eigenvalue weighted by Gasteiger charge is 2.29. The van der Waals surface area contributed by atoms with E-state index in [0.29, 0.717) is 6.42 Å². The van der Waals surface area contributed by atoms with E-state index in [9.17, 15) is 14.7 Å². The van der Waals surface area contributed by atoms with E-state index in [4.69, 9.17) is 4.74 Å². The van der Waals surface area contributed by atoms with Crippen molar-refractivity contribution in [3.05, 3.63) is 64.1 Å². The minimum atomic E-state index is -0.877. The highest BCUT2D eigenvalue weighted by molar-refractivity contribution is 5.94. The largest absolute Gasteiger partial charge is 0.497 e. The van der Waals surface area contributed by atoms with Crippen molar-refractivity contribution >= 4 is 5.91 Å². The molecule has 0 saturated heterocycles. The van der Waals surface area contributed by atoms with Gasteiger partial charge in [-0.1, -0.05) is 12.1 Å². The van der Waals surface area contributed by atoms with Crippen molar-refractivity contribution in [2.45, 2.75) is 37.8 Å². The second-order valence-corrected chi connectivity index (χ2v) is 7.06. The van der Waals surface area contributed by atoms with E-state index in [1.165, 1.54) is 6.07 Å². The maximum atomic E-state index is 12.7. The van der Waals surface area contributed by atoms with Crippen LogP contribution in [0.15, 0.2) is 47.4 Å². The molecule has 6 heteroatoms. The first kappa shape index (κ1) is 18.2. The third-order valence-corrected chi connectivity index (χ3v) is 4.68. The lowest BCUT2D eigenvalue weighted by Gasteiger charge is -2.29. The van der Waals surface area contributed by atoms with Gasteiger partial charge in [-0.2, -0.15) is 0 Å². The minimum absolute atomic E-state index is 0.105. The quantitative estimate of drug-likeness (QED) is 0.794. The summed E-state index contributed by atoms with van der Waals surface area (Å²) in [5.74, 6) is 0.281. The van der Waals surface area contributed by atoms with E-state index in [0.717, 1.165) is 24.2 Å². The van der Waals surface area contributed by atoms with Gasteiger partial charge in [-0.05, 0) is 56.0 Å². The van der Waals surface area contributed by atoms with Crippen LogP contribution < -0.4 is 15.6 Å². The number of nitrogens with one attached hydrogen (secondary N) is 1. The van der Waals surface area contributed by atoms with Crippen LogP contribution in [0.5, 0.6) is 5.75 Å². The van der Waals surface area contributed by atoms with Crippen molar-refractivity contribution in [1.29, 1.82) is 0 Å². The van der Waals surface area contributed by atoms with Crippen molar-refractivity contribution in [3.63, 3.8) is 0 Å². The average molecular weight is 356 g/mol. The minimum Gasteiger partial charge on any atom is -0.497 e. The Hall–Kier alpha value is -2.60. The molecule has 1 aromatic carbocycles. The molecule has 0 aliphatic heterocycles. The lowest BCUT2D eigenvalue weighted by Crippen LogP contribution is -2.51. The van der Waals surface area contributed by atoms with Crippen LogP contribution in [0, 0.1) is 0 Å². The van der Waals surface area contributed by atoms with Crippen molar-refractivity contribution in [3.8, 4) is 5.75 Å². The van der Waals surface area contributed by atoms with E-state index in [1.807, 2.05) is 24.3 Å². The molecule has 1 fully saturated rings. The normalized spacial score (nSPS) is 16.0. The molecule has 1 amide bonds. The second-order valence-electron chi connectivity index (χ2n) is 7.06. The topological polar surface area (TPSA) is 80.6 Å². The number of hydrogen-bond acceptors (Lipinski definition) is 4. The van der Waals surface area contributed by atoms with Crippen LogP contribution in [0.1, 0.15) is 41.7 Å². The summed E-state index contributed by atoms with van der Waals surface area (Å²) in [4.78, 5) is 25.2. The van der Waals surface area contributed by atoms with Gasteiger partial charge < -0.3 is 19.7 Å². The maximum Gasteiger partial charge on any atom is 0.263 e. The Morgan fingerprint density at radius 1 is 1.31 bits per heavy atom. The molecule has 0 unspecified atom stereocenters. The number of amides is 1. The second kappa shape index (κ2) is 7.33. The fourth-order valence-electron chi connectivity index (χ4n) is 3.00. The number of carbonyl (C=O) groups excluding carboxylic acids is 1. The van der Waals surface area contributed by atoms with E-state index in [-0.39, 0.29) is 23.8 Å². The van der Waals surface area contributed by atoms with Gasteiger partial charge in [0, 0.05) is 12.2 Å². The number of carbonyl (C=O) groups is 1. The Balaban J connectivity index is 1.77. The Labute approximate surface area is 152 Å². The van der Waals surface area contributed by atoms with Crippen LogP contribution in [0.25, 0.3) is 0 Å². The molecule has 0 spiro atoms. The third-order valence-electron chi connectivity index (χ3n) is 4.68. The van der Waals surface area contributed by atoms with E-state index in [1.54, 1.807) is 30.9 Å². The molecule has 6 nitrogen and oxygen atoms in total. The number of nitrogens with zero attached hydrogens (tertiary/aromatic N) is 1. The SMILES string of the molecule is COc1ccc(C[C@@](C)(CO)NC(=O)c2cccn(C3CC3)c2=O)cc1. The fraction of sp³-hybridized carbons (Fsp3) is 0.400. The van der Waals surface area contributed by atoms with Crippen LogP contribution in [0.2, 0.25) is 0 Å². The van der Waals surface area contributed by atoms with E-state index in [2.05, 4.69) is 5.32 Å². The molecule has 2 N–H and O–H groups in total. The summed E-state index contributed by atoms with van der Waals surface area (Å²) in [5, 5.41) is 12.7. The molecule has 0 bridgehead atoms. The van der Waals surface area contributed by atoms with Gasteiger partial charge in [-0.25, -0.2) is 0 Å². The van der Waals surface area contributed by atoms with Crippen LogP contribution in [0.3, 0.4) is 0 Å². The summed E-state index contributed by atoms with van der Waals surface area (Å²) in [5.41, 5.74) is -0.101. The van der Waals surface area contributed by atoms with E-state index >= 15 is 0 Å². The summed E-state index contributed by atoms with van der Waals surface area (Å²) in [6.45, 7) is 1.52. The number of aliphatic hydroxyl groups excluding tert-OH is 1. The van der Waals surface area contributed by atoms with Crippen molar-refractivity contribution in [2.75, 3.05) is 13.7 Å². The summed E-state index contributed by atoms with van der Waals surface area (Å²) in [6, 6.07) is 10.9. The van der Waals surface area contributed by atoms with Gasteiger partial charge in [0.15, 0.2) is 0 Å². The van der Waals surface area contributed by atoms with Gasteiger partial charge in [0.25, 0.3) is 11.5 Å². The maximum absolute atomic E-state index is 12.7. The summed E-state index contributed by atoms with van der Waals surface area (Å²) in [7, 11) is 1.60. The van der Waals surface area contributed by atoms with Gasteiger partial charge in [0.05, 0.1) is 19.3 Å². The van der Waals surface area contributed by atoms with Gasteiger partial charge in [-0.15, -0.1) is 0 Å². The lowest BCUT2D eigenvalue weighted by molar-refractivity contribution is 0.0850. The first-order valence-electron chi connectivity index (χ1n) is 8.73. The third kappa shape index (κ3) is 3.96. The number of ether oxygens (including phenoxy) is 1. The summed E-state index contributed by atoms with van der Waals surface area (Å²) < 4.78 is 6.76. The van der Waals surface area contributed by atoms with Crippen molar-refractivity contribution in [1.82, 2.24) is 9.88 Å². The Morgan fingerprint density at radius 3 is 2.58 bits per heavy atom. The van der Waals surface area contributed by atoms with Crippen LogP contribution in [0.4, 0.5) is 0 Å². The average Bonchev–Trinajstić information content (AvgIpc) is 3.47. The number of aliphatic hydroxyl groups is 1. The molecule has 2 aromatic rings.